The summed E-state index contributed by atoms with van der Waals surface area (Å²) in [6.07, 6.45) is 4.64. The first-order chi connectivity index (χ1) is 12.3. The van der Waals surface area contributed by atoms with Gasteiger partial charge in [-0.2, -0.15) is 0 Å². The van der Waals surface area contributed by atoms with Gasteiger partial charge in [0.15, 0.2) is 0 Å². The lowest BCUT2D eigenvalue weighted by molar-refractivity contribution is -0.126. The smallest absolute Gasteiger partial charge is 0.246 e. The highest BCUT2D eigenvalue weighted by Crippen LogP contribution is 2.18. The number of hydrogen-bond acceptors (Lipinski definition) is 4. The number of morpholine rings is 1. The van der Waals surface area contributed by atoms with Gasteiger partial charge in [-0.15, -0.1) is 0 Å². The molecule has 2 heterocycles. The topological polar surface area (TPSA) is 42.0 Å². The number of ether oxygens (including phenoxy) is 2. The minimum Gasteiger partial charge on any atom is -0.381 e. The quantitative estimate of drug-likeness (QED) is 0.743. The van der Waals surface area contributed by atoms with Gasteiger partial charge in [0.2, 0.25) is 5.91 Å². The molecule has 1 atom stereocenters. The van der Waals surface area contributed by atoms with Crippen LogP contribution >= 0.6 is 0 Å². The Hall–Kier alpha value is -1.85. The van der Waals surface area contributed by atoms with Gasteiger partial charge >= 0.3 is 0 Å². The van der Waals surface area contributed by atoms with Crippen LogP contribution in [-0.2, 0) is 14.3 Å². The summed E-state index contributed by atoms with van der Waals surface area (Å²) in [7, 11) is 0. The maximum atomic E-state index is 12.4. The van der Waals surface area contributed by atoms with E-state index in [1.807, 2.05) is 17.9 Å². The Morgan fingerprint density at radius 1 is 1.20 bits per heavy atom. The Bertz CT molecular complexity index is 573. The second kappa shape index (κ2) is 9.02. The number of rotatable bonds is 6. The van der Waals surface area contributed by atoms with Gasteiger partial charge in [0.1, 0.15) is 0 Å². The van der Waals surface area contributed by atoms with Gasteiger partial charge in [0.05, 0.1) is 19.8 Å². The molecule has 5 nitrogen and oxygen atoms in total. The zero-order chi connectivity index (χ0) is 17.5. The highest BCUT2D eigenvalue weighted by molar-refractivity contribution is 5.91. The molecule has 2 fully saturated rings. The molecule has 136 valence electrons. The molecule has 2 aliphatic rings. The van der Waals surface area contributed by atoms with Crippen LogP contribution in [0.25, 0.3) is 6.08 Å². The molecular weight excluding hydrogens is 316 g/mol. The third-order valence-electron chi connectivity index (χ3n) is 4.88. The molecule has 0 radical (unpaired) electrons. The minimum absolute atomic E-state index is 0.0756. The number of nitrogens with zero attached hydrogens (tertiary/aromatic N) is 2. The standard InChI is InChI=1S/C20H28N2O3/c1-2-21(15-18-9-12-25-16-18)20(23)8-5-17-3-6-19(7-4-17)22-10-13-24-14-11-22/h3-8,18H,2,9-16H2,1H3/b8-5-/t18-/m1/s1. The maximum Gasteiger partial charge on any atom is 0.246 e. The first kappa shape index (κ1) is 18.0. The second-order valence-corrected chi connectivity index (χ2v) is 6.63. The van der Waals surface area contributed by atoms with Crippen LogP contribution in [0.5, 0.6) is 0 Å². The van der Waals surface area contributed by atoms with Gasteiger partial charge in [-0.25, -0.2) is 0 Å². The number of benzene rings is 1. The van der Waals surface area contributed by atoms with Crippen molar-refractivity contribution in [3.05, 3.63) is 35.9 Å². The second-order valence-electron chi connectivity index (χ2n) is 6.63. The Balaban J connectivity index is 1.55. The Labute approximate surface area is 150 Å². The number of carbonyl (C=O) groups is 1. The lowest BCUT2D eigenvalue weighted by atomic mass is 10.1. The van der Waals surface area contributed by atoms with Crippen LogP contribution in [0.4, 0.5) is 5.69 Å². The molecule has 25 heavy (non-hydrogen) atoms. The lowest BCUT2D eigenvalue weighted by Gasteiger charge is -2.28. The summed E-state index contributed by atoms with van der Waals surface area (Å²) >= 11 is 0. The molecular formula is C20H28N2O3. The van der Waals surface area contributed by atoms with E-state index in [1.165, 1.54) is 5.69 Å². The van der Waals surface area contributed by atoms with Gasteiger partial charge in [-0.05, 0) is 37.1 Å². The van der Waals surface area contributed by atoms with Crippen molar-refractivity contribution in [1.29, 1.82) is 0 Å². The molecule has 0 spiro atoms. The molecule has 2 saturated heterocycles. The van der Waals surface area contributed by atoms with Crippen LogP contribution < -0.4 is 4.90 Å². The van der Waals surface area contributed by atoms with Crippen LogP contribution in [0, 0.1) is 5.92 Å². The Kier molecular flexibility index (Phi) is 6.48. The van der Waals surface area contributed by atoms with Crippen LogP contribution in [0.2, 0.25) is 0 Å². The molecule has 0 saturated carbocycles. The van der Waals surface area contributed by atoms with Gasteiger partial charge in [0, 0.05) is 50.5 Å². The number of anilines is 1. The predicted molar refractivity (Wildman–Crippen MR) is 99.7 cm³/mol. The fourth-order valence-electron chi connectivity index (χ4n) is 3.30. The molecule has 0 unspecified atom stereocenters. The minimum atomic E-state index is 0.0756. The van der Waals surface area contributed by atoms with Crippen molar-refractivity contribution in [3.63, 3.8) is 0 Å². The van der Waals surface area contributed by atoms with Crippen molar-refractivity contribution in [2.24, 2.45) is 5.92 Å². The molecule has 1 aromatic carbocycles. The van der Waals surface area contributed by atoms with Gasteiger partial charge in [-0.3, -0.25) is 4.79 Å². The van der Waals surface area contributed by atoms with Crippen molar-refractivity contribution in [3.8, 4) is 0 Å². The van der Waals surface area contributed by atoms with Crippen LogP contribution in [-0.4, -0.2) is 63.4 Å². The molecule has 2 aliphatic heterocycles. The fourth-order valence-corrected chi connectivity index (χ4v) is 3.30. The Morgan fingerprint density at radius 3 is 2.60 bits per heavy atom. The van der Waals surface area contributed by atoms with E-state index >= 15 is 0 Å². The summed E-state index contributed by atoms with van der Waals surface area (Å²) < 4.78 is 10.8. The average molecular weight is 344 g/mol. The normalized spacial score (nSPS) is 21.0. The van der Waals surface area contributed by atoms with Gasteiger partial charge in [0.25, 0.3) is 0 Å². The highest BCUT2D eigenvalue weighted by Gasteiger charge is 2.20. The zero-order valence-corrected chi connectivity index (χ0v) is 15.0. The number of hydrogen-bond donors (Lipinski definition) is 0. The SMILES string of the molecule is CCN(C[C@H]1CCOC1)C(=O)/C=C\c1ccc(N2CCOCC2)cc1. The van der Waals surface area contributed by atoms with E-state index in [-0.39, 0.29) is 5.91 Å². The van der Waals surface area contributed by atoms with E-state index in [2.05, 4.69) is 29.2 Å². The van der Waals surface area contributed by atoms with Crippen molar-refractivity contribution in [1.82, 2.24) is 4.90 Å². The van der Waals surface area contributed by atoms with E-state index in [4.69, 9.17) is 9.47 Å². The van der Waals surface area contributed by atoms with Crippen molar-refractivity contribution < 1.29 is 14.3 Å². The van der Waals surface area contributed by atoms with E-state index in [9.17, 15) is 4.79 Å². The molecule has 1 aromatic rings. The van der Waals surface area contributed by atoms with Crippen molar-refractivity contribution in [2.45, 2.75) is 13.3 Å². The van der Waals surface area contributed by atoms with E-state index in [0.717, 1.165) is 64.6 Å². The van der Waals surface area contributed by atoms with Crippen molar-refractivity contribution >= 4 is 17.7 Å². The molecule has 5 heteroatoms. The first-order valence-electron chi connectivity index (χ1n) is 9.23. The lowest BCUT2D eigenvalue weighted by Crippen LogP contribution is -2.36. The predicted octanol–water partition coefficient (Wildman–Crippen LogP) is 2.42. The number of carbonyl (C=O) groups excluding carboxylic acids is 1. The molecule has 0 N–H and O–H groups in total. The van der Waals surface area contributed by atoms with Crippen LogP contribution in [0.15, 0.2) is 30.3 Å². The summed E-state index contributed by atoms with van der Waals surface area (Å²) in [5.41, 5.74) is 2.26. The van der Waals surface area contributed by atoms with Gasteiger partial charge in [-0.1, -0.05) is 12.1 Å². The van der Waals surface area contributed by atoms with Gasteiger partial charge < -0.3 is 19.3 Å². The monoisotopic (exact) mass is 344 g/mol. The maximum absolute atomic E-state index is 12.4. The molecule has 0 aliphatic carbocycles. The first-order valence-corrected chi connectivity index (χ1v) is 9.23. The summed E-state index contributed by atoms with van der Waals surface area (Å²) in [6.45, 7) is 8.58. The number of likely N-dealkylation sites (N-methyl/N-ethyl adjacent to an activating group) is 1. The largest absolute Gasteiger partial charge is 0.381 e. The molecule has 0 aromatic heterocycles. The summed E-state index contributed by atoms with van der Waals surface area (Å²) in [6, 6.07) is 8.36. The number of amides is 1. The van der Waals surface area contributed by atoms with Crippen LogP contribution in [0.3, 0.4) is 0 Å². The van der Waals surface area contributed by atoms with E-state index in [1.54, 1.807) is 6.08 Å². The summed E-state index contributed by atoms with van der Waals surface area (Å²) in [4.78, 5) is 16.7. The fraction of sp³-hybridized carbons (Fsp3) is 0.550. The summed E-state index contributed by atoms with van der Waals surface area (Å²) in [5.74, 6) is 0.553. The molecule has 3 rings (SSSR count). The Morgan fingerprint density at radius 2 is 1.96 bits per heavy atom. The highest BCUT2D eigenvalue weighted by atomic mass is 16.5. The van der Waals surface area contributed by atoms with E-state index < -0.39 is 0 Å². The third-order valence-corrected chi connectivity index (χ3v) is 4.88. The zero-order valence-electron chi connectivity index (χ0n) is 15.0. The molecule has 1 amide bonds. The third kappa shape index (κ3) is 5.06. The summed E-state index contributed by atoms with van der Waals surface area (Å²) in [5, 5.41) is 0. The average Bonchev–Trinajstić information content (AvgIpc) is 3.18. The van der Waals surface area contributed by atoms with Crippen LogP contribution in [0.1, 0.15) is 18.9 Å². The van der Waals surface area contributed by atoms with Crippen molar-refractivity contribution in [2.75, 3.05) is 57.5 Å². The van der Waals surface area contributed by atoms with E-state index in [0.29, 0.717) is 5.92 Å². The molecule has 0 bridgehead atoms.